The lowest BCUT2D eigenvalue weighted by Gasteiger charge is -2.23. The summed E-state index contributed by atoms with van der Waals surface area (Å²) < 4.78 is 0. The Hall–Kier alpha value is -1.10. The third kappa shape index (κ3) is 3.70. The van der Waals surface area contributed by atoms with Crippen LogP contribution in [0.4, 0.5) is 0 Å². The lowest BCUT2D eigenvalue weighted by atomic mass is 9.89. The molecule has 0 aliphatic carbocycles. The Morgan fingerprint density at radius 1 is 1.39 bits per heavy atom. The molecule has 0 aromatic heterocycles. The predicted molar refractivity (Wildman–Crippen MR) is 71.1 cm³/mol. The van der Waals surface area contributed by atoms with Crippen molar-refractivity contribution >= 4 is 11.8 Å². The van der Waals surface area contributed by atoms with E-state index in [9.17, 15) is 9.59 Å². The van der Waals surface area contributed by atoms with Crippen molar-refractivity contribution in [1.29, 1.82) is 0 Å². The van der Waals surface area contributed by atoms with E-state index in [2.05, 4.69) is 24.5 Å². The first-order valence-corrected chi connectivity index (χ1v) is 6.62. The molecule has 1 heterocycles. The van der Waals surface area contributed by atoms with Gasteiger partial charge in [0.2, 0.25) is 11.8 Å². The molecule has 1 aliphatic heterocycles. The largest absolute Gasteiger partial charge is 0.359 e. The molecular formula is C13H25N3O2. The summed E-state index contributed by atoms with van der Waals surface area (Å²) in [4.78, 5) is 25.5. The topological polar surface area (TPSA) is 61.4 Å². The minimum absolute atomic E-state index is 0.0260. The fraction of sp³-hybridized carbons (Fsp3) is 0.846. The summed E-state index contributed by atoms with van der Waals surface area (Å²) in [5.74, 6) is 0.161. The SMILES string of the molecule is CNC(=O)C1(C)CCN(C(=O)CCNC(C)C)C1. The van der Waals surface area contributed by atoms with Crippen molar-refractivity contribution < 1.29 is 9.59 Å². The Bertz CT molecular complexity index is 317. The van der Waals surface area contributed by atoms with Crippen LogP contribution in [0.1, 0.15) is 33.6 Å². The lowest BCUT2D eigenvalue weighted by molar-refractivity contribution is -0.132. The number of rotatable bonds is 5. The second-order valence-corrected chi connectivity index (χ2v) is 5.56. The molecule has 5 nitrogen and oxygen atoms in total. The fourth-order valence-corrected chi connectivity index (χ4v) is 2.29. The van der Waals surface area contributed by atoms with Gasteiger partial charge in [-0.1, -0.05) is 13.8 Å². The third-order valence-corrected chi connectivity index (χ3v) is 3.49. The molecule has 1 aliphatic rings. The molecule has 0 saturated carbocycles. The van der Waals surface area contributed by atoms with Crippen LogP contribution >= 0.6 is 0 Å². The summed E-state index contributed by atoms with van der Waals surface area (Å²) in [6.45, 7) is 7.96. The number of amides is 2. The van der Waals surface area contributed by atoms with Crippen molar-refractivity contribution in [2.45, 2.75) is 39.7 Å². The van der Waals surface area contributed by atoms with Crippen molar-refractivity contribution in [3.05, 3.63) is 0 Å². The van der Waals surface area contributed by atoms with Crippen LogP contribution in [0, 0.1) is 5.41 Å². The average Bonchev–Trinajstić information content (AvgIpc) is 2.71. The number of hydrogen-bond acceptors (Lipinski definition) is 3. The first-order chi connectivity index (χ1) is 8.39. The zero-order valence-corrected chi connectivity index (χ0v) is 11.9. The van der Waals surface area contributed by atoms with Gasteiger partial charge in [0.15, 0.2) is 0 Å². The first-order valence-electron chi connectivity index (χ1n) is 6.62. The van der Waals surface area contributed by atoms with Crippen molar-refractivity contribution in [2.75, 3.05) is 26.7 Å². The van der Waals surface area contributed by atoms with Crippen molar-refractivity contribution in [3.63, 3.8) is 0 Å². The quantitative estimate of drug-likeness (QED) is 0.745. The Morgan fingerprint density at radius 2 is 2.06 bits per heavy atom. The second kappa shape index (κ2) is 6.18. The maximum Gasteiger partial charge on any atom is 0.227 e. The number of hydrogen-bond donors (Lipinski definition) is 2. The van der Waals surface area contributed by atoms with Crippen molar-refractivity contribution in [2.24, 2.45) is 5.41 Å². The average molecular weight is 255 g/mol. The molecule has 1 saturated heterocycles. The highest BCUT2D eigenvalue weighted by Crippen LogP contribution is 2.30. The van der Waals surface area contributed by atoms with Crippen LogP contribution in [-0.4, -0.2) is 49.4 Å². The number of carbonyl (C=O) groups is 2. The van der Waals surface area contributed by atoms with Crippen LogP contribution in [0.3, 0.4) is 0 Å². The molecule has 5 heteroatoms. The van der Waals surface area contributed by atoms with Gasteiger partial charge in [0.05, 0.1) is 5.41 Å². The highest BCUT2D eigenvalue weighted by molar-refractivity contribution is 5.84. The molecule has 1 fully saturated rings. The smallest absolute Gasteiger partial charge is 0.227 e. The molecule has 1 atom stereocenters. The summed E-state index contributed by atoms with van der Waals surface area (Å²) in [5.41, 5.74) is -0.421. The zero-order chi connectivity index (χ0) is 13.8. The third-order valence-electron chi connectivity index (χ3n) is 3.49. The number of likely N-dealkylation sites (tertiary alicyclic amines) is 1. The van der Waals surface area contributed by atoms with E-state index in [1.165, 1.54) is 0 Å². The van der Waals surface area contributed by atoms with E-state index in [4.69, 9.17) is 0 Å². The normalized spacial score (nSPS) is 23.5. The minimum Gasteiger partial charge on any atom is -0.359 e. The summed E-state index contributed by atoms with van der Waals surface area (Å²) in [6, 6.07) is 0.396. The van der Waals surface area contributed by atoms with Crippen molar-refractivity contribution in [1.82, 2.24) is 15.5 Å². The summed E-state index contributed by atoms with van der Waals surface area (Å²) in [7, 11) is 1.64. The van der Waals surface area contributed by atoms with Gasteiger partial charge in [-0.2, -0.15) is 0 Å². The van der Waals surface area contributed by atoms with Crippen LogP contribution < -0.4 is 10.6 Å². The molecule has 2 amide bonds. The molecule has 2 N–H and O–H groups in total. The monoisotopic (exact) mass is 255 g/mol. The van der Waals surface area contributed by atoms with Gasteiger partial charge < -0.3 is 15.5 Å². The van der Waals surface area contributed by atoms with E-state index in [0.29, 0.717) is 32.1 Å². The molecule has 0 bridgehead atoms. The Kier molecular flexibility index (Phi) is 5.14. The number of nitrogens with one attached hydrogen (secondary N) is 2. The Balaban J connectivity index is 2.41. The molecule has 0 aromatic rings. The van der Waals surface area contributed by atoms with Crippen LogP contribution in [0.2, 0.25) is 0 Å². The standard InChI is InChI=1S/C13H25N3O2/c1-10(2)15-7-5-11(17)16-8-6-13(3,9-16)12(18)14-4/h10,15H,5-9H2,1-4H3,(H,14,18). The van der Waals surface area contributed by atoms with E-state index in [0.717, 1.165) is 6.42 Å². The predicted octanol–water partition coefficient (Wildman–Crippen LogP) is 0.359. The zero-order valence-electron chi connectivity index (χ0n) is 11.9. The minimum atomic E-state index is -0.421. The molecule has 0 aromatic carbocycles. The molecule has 0 spiro atoms. The van der Waals surface area contributed by atoms with E-state index < -0.39 is 5.41 Å². The van der Waals surface area contributed by atoms with Crippen LogP contribution in [0.5, 0.6) is 0 Å². The van der Waals surface area contributed by atoms with Gasteiger partial charge in [-0.05, 0) is 13.3 Å². The van der Waals surface area contributed by atoms with Gasteiger partial charge in [-0.25, -0.2) is 0 Å². The van der Waals surface area contributed by atoms with Gasteiger partial charge in [0.25, 0.3) is 0 Å². The molecule has 104 valence electrons. The summed E-state index contributed by atoms with van der Waals surface area (Å²) in [5, 5.41) is 5.90. The first kappa shape index (κ1) is 15.0. The number of carbonyl (C=O) groups excluding carboxylic acids is 2. The van der Waals surface area contributed by atoms with Gasteiger partial charge in [0, 0.05) is 39.1 Å². The van der Waals surface area contributed by atoms with Crippen molar-refractivity contribution in [3.8, 4) is 0 Å². The van der Waals surface area contributed by atoms with Crippen LogP contribution in [-0.2, 0) is 9.59 Å². The highest BCUT2D eigenvalue weighted by atomic mass is 16.2. The van der Waals surface area contributed by atoms with E-state index in [1.54, 1.807) is 11.9 Å². The van der Waals surface area contributed by atoms with Crippen LogP contribution in [0.25, 0.3) is 0 Å². The molecule has 0 radical (unpaired) electrons. The molecular weight excluding hydrogens is 230 g/mol. The molecule has 18 heavy (non-hydrogen) atoms. The maximum atomic E-state index is 12.0. The number of nitrogens with zero attached hydrogens (tertiary/aromatic N) is 1. The van der Waals surface area contributed by atoms with E-state index in [1.807, 2.05) is 6.92 Å². The Labute approximate surface area is 109 Å². The van der Waals surface area contributed by atoms with Gasteiger partial charge in [-0.3, -0.25) is 9.59 Å². The Morgan fingerprint density at radius 3 is 2.61 bits per heavy atom. The van der Waals surface area contributed by atoms with Gasteiger partial charge in [0.1, 0.15) is 0 Å². The van der Waals surface area contributed by atoms with Gasteiger partial charge in [-0.15, -0.1) is 0 Å². The highest BCUT2D eigenvalue weighted by Gasteiger charge is 2.41. The summed E-state index contributed by atoms with van der Waals surface area (Å²) >= 11 is 0. The fourth-order valence-electron chi connectivity index (χ4n) is 2.29. The van der Waals surface area contributed by atoms with Gasteiger partial charge >= 0.3 is 0 Å². The summed E-state index contributed by atoms with van der Waals surface area (Å²) in [6.07, 6.45) is 1.25. The van der Waals surface area contributed by atoms with E-state index >= 15 is 0 Å². The second-order valence-electron chi connectivity index (χ2n) is 5.56. The molecule has 1 unspecified atom stereocenters. The maximum absolute atomic E-state index is 12.0. The molecule has 1 rings (SSSR count). The van der Waals surface area contributed by atoms with E-state index in [-0.39, 0.29) is 11.8 Å². The van der Waals surface area contributed by atoms with Crippen LogP contribution in [0.15, 0.2) is 0 Å². The lowest BCUT2D eigenvalue weighted by Crippen LogP contribution is -2.40.